The molecule has 0 saturated carbocycles. The van der Waals surface area contributed by atoms with Crippen molar-refractivity contribution in [1.82, 2.24) is 9.88 Å². The summed E-state index contributed by atoms with van der Waals surface area (Å²) in [5, 5.41) is 0. The zero-order chi connectivity index (χ0) is 10.6. The molecule has 0 unspecified atom stereocenters. The van der Waals surface area contributed by atoms with E-state index in [1.807, 2.05) is 6.92 Å². The van der Waals surface area contributed by atoms with Gasteiger partial charge in [-0.1, -0.05) is 24.7 Å². The molecule has 0 radical (unpaired) electrons. The van der Waals surface area contributed by atoms with E-state index in [1.54, 1.807) is 0 Å². The third-order valence-electron chi connectivity index (χ3n) is 2.23. The lowest BCUT2D eigenvalue weighted by atomic mass is 10.3. The highest BCUT2D eigenvalue weighted by molar-refractivity contribution is 7.09. The van der Waals surface area contributed by atoms with Crippen LogP contribution in [0.1, 0.15) is 30.3 Å². The lowest BCUT2D eigenvalue weighted by Gasteiger charge is -2.14. The van der Waals surface area contributed by atoms with Gasteiger partial charge in [-0.2, -0.15) is 0 Å². The van der Waals surface area contributed by atoms with Crippen molar-refractivity contribution in [2.24, 2.45) is 0 Å². The molecule has 0 amide bonds. The van der Waals surface area contributed by atoms with Crippen molar-refractivity contribution in [3.05, 3.63) is 20.2 Å². The highest BCUT2D eigenvalue weighted by Gasteiger charge is 2.06. The van der Waals surface area contributed by atoms with Crippen LogP contribution in [0.15, 0.2) is 4.79 Å². The van der Waals surface area contributed by atoms with E-state index in [1.165, 1.54) is 24.2 Å². The van der Waals surface area contributed by atoms with E-state index >= 15 is 0 Å². The van der Waals surface area contributed by atoms with Gasteiger partial charge in [-0.15, -0.1) is 0 Å². The van der Waals surface area contributed by atoms with Crippen molar-refractivity contribution in [1.29, 1.82) is 0 Å². The highest BCUT2D eigenvalue weighted by atomic mass is 32.1. The van der Waals surface area contributed by atoms with Crippen molar-refractivity contribution < 1.29 is 0 Å². The number of aryl methyl sites for hydroxylation is 1. The largest absolute Gasteiger partial charge is 0.317 e. The molecule has 0 aliphatic carbocycles. The number of nitrogens with one attached hydrogen (secondary N) is 1. The Hall–Kier alpha value is -0.610. The summed E-state index contributed by atoms with van der Waals surface area (Å²) in [5.74, 6) is 0. The van der Waals surface area contributed by atoms with Crippen molar-refractivity contribution in [2.75, 3.05) is 13.6 Å². The molecule has 1 N–H and O–H groups in total. The number of aromatic amines is 1. The molecule has 0 fully saturated rings. The molecule has 80 valence electrons. The standard InChI is InChI=1S/C10H18N2OS/c1-4-5-6-12(3)7-9-8(2)11-10(13)14-9/h4-7H2,1-3H3,(H,11,13). The van der Waals surface area contributed by atoms with Crippen LogP contribution >= 0.6 is 11.3 Å². The number of rotatable bonds is 5. The maximum absolute atomic E-state index is 11.1. The van der Waals surface area contributed by atoms with Crippen molar-refractivity contribution >= 4 is 11.3 Å². The summed E-state index contributed by atoms with van der Waals surface area (Å²) < 4.78 is 0. The molecular weight excluding hydrogens is 196 g/mol. The fourth-order valence-corrected chi connectivity index (χ4v) is 2.26. The number of hydrogen-bond donors (Lipinski definition) is 1. The fraction of sp³-hybridized carbons (Fsp3) is 0.700. The molecule has 0 aliphatic rings. The SMILES string of the molecule is CCCCN(C)Cc1sc(=O)[nH]c1C. The van der Waals surface area contributed by atoms with Crippen LogP contribution in [-0.2, 0) is 6.54 Å². The van der Waals surface area contributed by atoms with E-state index in [2.05, 4.69) is 23.9 Å². The average Bonchev–Trinajstić information content (AvgIpc) is 2.42. The maximum Gasteiger partial charge on any atom is 0.304 e. The molecule has 0 aliphatic heterocycles. The summed E-state index contributed by atoms with van der Waals surface area (Å²) in [5.41, 5.74) is 1.02. The molecule has 0 bridgehead atoms. The van der Waals surface area contributed by atoms with Crippen LogP contribution in [0.4, 0.5) is 0 Å². The highest BCUT2D eigenvalue weighted by Crippen LogP contribution is 2.10. The Morgan fingerprint density at radius 3 is 2.71 bits per heavy atom. The zero-order valence-corrected chi connectivity index (χ0v) is 9.91. The van der Waals surface area contributed by atoms with Crippen LogP contribution in [0.5, 0.6) is 0 Å². The molecule has 0 spiro atoms. The second-order valence-corrected chi connectivity index (χ2v) is 4.72. The van der Waals surface area contributed by atoms with Crippen LogP contribution < -0.4 is 4.87 Å². The first-order valence-corrected chi connectivity index (χ1v) is 5.82. The van der Waals surface area contributed by atoms with E-state index < -0.39 is 0 Å². The van der Waals surface area contributed by atoms with Gasteiger partial charge in [-0.3, -0.25) is 4.79 Å². The Bertz CT molecular complexity index is 329. The van der Waals surface area contributed by atoms with Crippen LogP contribution in [0, 0.1) is 6.92 Å². The minimum absolute atomic E-state index is 0.0568. The number of nitrogens with zero attached hydrogens (tertiary/aromatic N) is 1. The molecule has 0 atom stereocenters. The minimum Gasteiger partial charge on any atom is -0.317 e. The zero-order valence-electron chi connectivity index (χ0n) is 9.09. The molecular formula is C10H18N2OS. The smallest absolute Gasteiger partial charge is 0.304 e. The second kappa shape index (κ2) is 5.32. The monoisotopic (exact) mass is 214 g/mol. The first kappa shape index (κ1) is 11.5. The summed E-state index contributed by atoms with van der Waals surface area (Å²) in [6.07, 6.45) is 2.43. The Balaban J connectivity index is 2.51. The molecule has 1 rings (SSSR count). The summed E-state index contributed by atoms with van der Waals surface area (Å²) >= 11 is 1.32. The quantitative estimate of drug-likeness (QED) is 0.813. The van der Waals surface area contributed by atoms with Gasteiger partial charge >= 0.3 is 4.87 Å². The molecule has 0 saturated heterocycles. The van der Waals surface area contributed by atoms with Gasteiger partial charge < -0.3 is 9.88 Å². The number of aromatic nitrogens is 1. The van der Waals surface area contributed by atoms with Gasteiger partial charge in [0.2, 0.25) is 0 Å². The predicted octanol–water partition coefficient (Wildman–Crippen LogP) is 1.98. The van der Waals surface area contributed by atoms with Gasteiger partial charge in [-0.05, 0) is 26.9 Å². The van der Waals surface area contributed by atoms with Crippen molar-refractivity contribution in [3.8, 4) is 0 Å². The molecule has 14 heavy (non-hydrogen) atoms. The van der Waals surface area contributed by atoms with E-state index in [0.29, 0.717) is 0 Å². The third-order valence-corrected chi connectivity index (χ3v) is 3.20. The molecule has 3 nitrogen and oxygen atoms in total. The summed E-state index contributed by atoms with van der Waals surface area (Å²) in [6.45, 7) is 6.13. The van der Waals surface area contributed by atoms with E-state index in [-0.39, 0.29) is 4.87 Å². The van der Waals surface area contributed by atoms with E-state index in [0.717, 1.165) is 23.7 Å². The number of unbranched alkanes of at least 4 members (excludes halogenated alkanes) is 1. The Morgan fingerprint density at radius 1 is 1.50 bits per heavy atom. The molecule has 4 heteroatoms. The Kier molecular flexibility index (Phi) is 4.35. The number of H-pyrrole nitrogens is 1. The Morgan fingerprint density at radius 2 is 2.21 bits per heavy atom. The van der Waals surface area contributed by atoms with Crippen molar-refractivity contribution in [2.45, 2.75) is 33.2 Å². The van der Waals surface area contributed by atoms with E-state index in [9.17, 15) is 4.79 Å². The van der Waals surface area contributed by atoms with Crippen LogP contribution in [0.25, 0.3) is 0 Å². The van der Waals surface area contributed by atoms with E-state index in [4.69, 9.17) is 0 Å². The Labute approximate surface area is 88.8 Å². The number of thiazole rings is 1. The summed E-state index contributed by atoms with van der Waals surface area (Å²) in [7, 11) is 2.10. The normalized spacial score (nSPS) is 11.1. The first-order chi connectivity index (χ1) is 6.63. The maximum atomic E-state index is 11.1. The fourth-order valence-electron chi connectivity index (χ4n) is 1.34. The van der Waals surface area contributed by atoms with Gasteiger partial charge in [0.1, 0.15) is 0 Å². The van der Waals surface area contributed by atoms with Crippen LogP contribution in [0.3, 0.4) is 0 Å². The number of hydrogen-bond acceptors (Lipinski definition) is 3. The summed E-state index contributed by atoms with van der Waals surface area (Å²) in [6, 6.07) is 0. The predicted molar refractivity (Wildman–Crippen MR) is 60.9 cm³/mol. The lowest BCUT2D eigenvalue weighted by Crippen LogP contribution is -2.18. The molecule has 1 aromatic rings. The lowest BCUT2D eigenvalue weighted by molar-refractivity contribution is 0.323. The van der Waals surface area contributed by atoms with Gasteiger partial charge in [0.15, 0.2) is 0 Å². The summed E-state index contributed by atoms with van der Waals surface area (Å²) in [4.78, 5) is 17.3. The molecule has 1 heterocycles. The third kappa shape index (κ3) is 3.27. The van der Waals surface area contributed by atoms with Crippen LogP contribution in [-0.4, -0.2) is 23.5 Å². The van der Waals surface area contributed by atoms with Crippen molar-refractivity contribution in [3.63, 3.8) is 0 Å². The second-order valence-electron chi connectivity index (χ2n) is 3.65. The molecule has 1 aromatic heterocycles. The van der Waals surface area contributed by atoms with Gasteiger partial charge in [0.25, 0.3) is 0 Å². The van der Waals surface area contributed by atoms with Crippen LogP contribution in [0.2, 0.25) is 0 Å². The molecule has 0 aromatic carbocycles. The minimum atomic E-state index is 0.0568. The first-order valence-electron chi connectivity index (χ1n) is 5.00. The van der Waals surface area contributed by atoms with Gasteiger partial charge in [0.05, 0.1) is 0 Å². The van der Waals surface area contributed by atoms with Gasteiger partial charge in [-0.25, -0.2) is 0 Å². The topological polar surface area (TPSA) is 36.1 Å². The average molecular weight is 214 g/mol. The van der Waals surface area contributed by atoms with Gasteiger partial charge in [0, 0.05) is 17.1 Å².